The fourth-order valence-electron chi connectivity index (χ4n) is 5.90. The van der Waals surface area contributed by atoms with Gasteiger partial charge in [0.05, 0.1) is 23.1 Å². The van der Waals surface area contributed by atoms with Crippen LogP contribution in [0.1, 0.15) is 116 Å². The Balaban J connectivity index is 1.49. The van der Waals surface area contributed by atoms with E-state index in [9.17, 15) is 27.6 Å². The maximum Gasteiger partial charge on any atom is 0.417 e. The molecular formula is C38H54F3N3O5. The Morgan fingerprint density at radius 1 is 0.898 bits per heavy atom. The number of rotatable bonds is 19. The van der Waals surface area contributed by atoms with E-state index in [1.54, 1.807) is 32.2 Å². The first kappa shape index (κ1) is 40.0. The Kier molecular flexibility index (Phi) is 14.3. The van der Waals surface area contributed by atoms with Crippen LogP contribution in [0.3, 0.4) is 0 Å². The fraction of sp³-hybridized carbons (Fsp3) is 0.605. The van der Waals surface area contributed by atoms with E-state index in [1.165, 1.54) is 16.7 Å². The molecule has 1 aromatic carbocycles. The molecule has 0 aliphatic heterocycles. The maximum atomic E-state index is 14.0. The number of pyridine rings is 1. The van der Waals surface area contributed by atoms with Crippen LogP contribution in [0.4, 0.5) is 13.2 Å². The number of ether oxygens (including phenoxy) is 1. The molecule has 4 N–H and O–H groups in total. The number of aryl methyl sites for hydroxylation is 2. The number of carbonyl (C=O) groups is 1. The molecule has 0 spiro atoms. The van der Waals surface area contributed by atoms with Crippen molar-refractivity contribution in [2.45, 2.75) is 136 Å². The van der Waals surface area contributed by atoms with Crippen LogP contribution in [0.2, 0.25) is 0 Å². The van der Waals surface area contributed by atoms with E-state index >= 15 is 0 Å². The highest BCUT2D eigenvalue weighted by molar-refractivity contribution is 5.82. The second kappa shape index (κ2) is 17.5. The van der Waals surface area contributed by atoms with Crippen molar-refractivity contribution in [1.82, 2.24) is 4.57 Å². The third kappa shape index (κ3) is 11.6. The number of nitrogens with zero attached hydrogens (tertiary/aromatic N) is 1. The summed E-state index contributed by atoms with van der Waals surface area (Å²) in [4.78, 5) is 38.6. The van der Waals surface area contributed by atoms with E-state index in [2.05, 4.69) is 0 Å². The van der Waals surface area contributed by atoms with Crippen LogP contribution in [-0.2, 0) is 28.7 Å². The number of hydrogen-bond acceptors (Lipinski definition) is 7. The number of halogens is 3. The smallest absolute Gasteiger partial charge is 0.417 e. The maximum absolute atomic E-state index is 14.0. The highest BCUT2D eigenvalue weighted by Gasteiger charge is 2.38. The lowest BCUT2D eigenvalue weighted by atomic mass is 9.79. The molecule has 0 fully saturated rings. The van der Waals surface area contributed by atoms with Gasteiger partial charge in [-0.25, -0.2) is 4.79 Å². The summed E-state index contributed by atoms with van der Waals surface area (Å²) >= 11 is 0. The highest BCUT2D eigenvalue weighted by atomic mass is 19.4. The van der Waals surface area contributed by atoms with Gasteiger partial charge in [0.15, 0.2) is 0 Å². The van der Waals surface area contributed by atoms with Crippen molar-refractivity contribution < 1.29 is 27.1 Å². The Labute approximate surface area is 287 Å². The molecule has 0 saturated heterocycles. The molecule has 11 heteroatoms. The Hall–Kier alpha value is -3.44. The first-order chi connectivity index (χ1) is 23.0. The van der Waals surface area contributed by atoms with Gasteiger partial charge in [0.2, 0.25) is 5.58 Å². The molecule has 272 valence electrons. The number of unbranched alkanes of at least 4 members (excludes halogenated alkanes) is 8. The number of hydrogen-bond donors (Lipinski definition) is 2. The average Bonchev–Trinajstić information content (AvgIpc) is 3.01. The summed E-state index contributed by atoms with van der Waals surface area (Å²) in [7, 11) is 0. The number of carbonyl (C=O) groups excluding carboxylic acids is 1. The molecule has 0 radical (unpaired) electrons. The van der Waals surface area contributed by atoms with Gasteiger partial charge in [0.25, 0.3) is 5.56 Å². The third-order valence-electron chi connectivity index (χ3n) is 9.09. The predicted molar refractivity (Wildman–Crippen MR) is 188 cm³/mol. The van der Waals surface area contributed by atoms with Crippen LogP contribution in [0.15, 0.2) is 50.5 Å². The van der Waals surface area contributed by atoms with Gasteiger partial charge in [0.1, 0.15) is 0 Å². The lowest BCUT2D eigenvalue weighted by Gasteiger charge is -2.33. The SMILES string of the molecule is CCCCCc1ccc(-c2cc3ccn(CCCCCCCCCOC(=O)C(C)(C)C(N)CC(C)(C)N)c(=O)c3oc2=O)c(C(F)(F)F)c1. The topological polar surface area (TPSA) is 131 Å². The quantitative estimate of drug-likeness (QED) is 0.0960. The zero-order chi connectivity index (χ0) is 36.4. The number of benzene rings is 1. The van der Waals surface area contributed by atoms with Gasteiger partial charge in [-0.2, -0.15) is 13.2 Å². The van der Waals surface area contributed by atoms with Crippen molar-refractivity contribution in [2.75, 3.05) is 6.61 Å². The summed E-state index contributed by atoms with van der Waals surface area (Å²) in [5.41, 5.74) is 8.54. The van der Waals surface area contributed by atoms with Crippen molar-refractivity contribution >= 4 is 16.9 Å². The standard InChI is InChI=1S/C38H54F3N3O5/c1-6-7-13-16-26-17-18-28(30(23-26)38(39,40)41)29-24-27-19-21-44(33(45)32(27)49-34(29)46)20-14-11-9-8-10-12-15-22-48-35(47)37(4,5)31(42)25-36(2,3)43/h17-19,21,23-24,31H,6-16,20,22,25,42-43H2,1-5H3. The summed E-state index contributed by atoms with van der Waals surface area (Å²) in [5.74, 6) is -0.314. The lowest BCUT2D eigenvalue weighted by Crippen LogP contribution is -2.50. The van der Waals surface area contributed by atoms with Crippen molar-refractivity contribution in [3.8, 4) is 11.1 Å². The average molecular weight is 690 g/mol. The molecule has 0 aliphatic rings. The molecule has 2 aromatic heterocycles. The molecule has 1 unspecified atom stereocenters. The molecule has 8 nitrogen and oxygen atoms in total. The van der Waals surface area contributed by atoms with E-state index in [4.69, 9.17) is 20.6 Å². The molecule has 49 heavy (non-hydrogen) atoms. The molecule has 0 aliphatic carbocycles. The van der Waals surface area contributed by atoms with Gasteiger partial charge >= 0.3 is 17.8 Å². The second-order valence-electron chi connectivity index (χ2n) is 14.5. The number of nitrogens with two attached hydrogens (primary N) is 2. The van der Waals surface area contributed by atoms with Crippen molar-refractivity contribution in [3.05, 3.63) is 68.4 Å². The van der Waals surface area contributed by atoms with Crippen LogP contribution in [0.5, 0.6) is 0 Å². The Morgan fingerprint density at radius 3 is 2.18 bits per heavy atom. The molecule has 0 bridgehead atoms. The van der Waals surface area contributed by atoms with Gasteiger partial charge in [-0.05, 0) is 83.6 Å². The second-order valence-corrected chi connectivity index (χ2v) is 14.5. The minimum Gasteiger partial charge on any atom is -0.465 e. The predicted octanol–water partition coefficient (Wildman–Crippen LogP) is 8.13. The van der Waals surface area contributed by atoms with E-state index < -0.39 is 39.9 Å². The largest absolute Gasteiger partial charge is 0.465 e. The van der Waals surface area contributed by atoms with Gasteiger partial charge < -0.3 is 25.2 Å². The van der Waals surface area contributed by atoms with Crippen molar-refractivity contribution in [2.24, 2.45) is 16.9 Å². The summed E-state index contributed by atoms with van der Waals surface area (Å²) in [6.45, 7) is 10.1. The summed E-state index contributed by atoms with van der Waals surface area (Å²) in [5, 5.41) is 0.271. The van der Waals surface area contributed by atoms with E-state index in [0.29, 0.717) is 31.6 Å². The minimum absolute atomic E-state index is 0.171. The van der Waals surface area contributed by atoms with Crippen molar-refractivity contribution in [3.63, 3.8) is 0 Å². The molecular weight excluding hydrogens is 635 g/mol. The van der Waals surface area contributed by atoms with Crippen LogP contribution in [0, 0.1) is 5.41 Å². The zero-order valence-corrected chi connectivity index (χ0v) is 29.7. The number of aromatic nitrogens is 1. The highest BCUT2D eigenvalue weighted by Crippen LogP contribution is 2.37. The summed E-state index contributed by atoms with van der Waals surface area (Å²) in [6, 6.07) is 6.54. The molecule has 3 rings (SSSR count). The Bertz CT molecular complexity index is 1650. The van der Waals surface area contributed by atoms with Gasteiger partial charge in [-0.3, -0.25) is 9.59 Å². The molecule has 3 aromatic rings. The fourth-order valence-corrected chi connectivity index (χ4v) is 5.90. The summed E-state index contributed by atoms with van der Waals surface area (Å²) in [6.07, 6.45) is 6.88. The normalized spacial score (nSPS) is 13.2. The van der Waals surface area contributed by atoms with E-state index in [1.807, 2.05) is 20.8 Å². The Morgan fingerprint density at radius 2 is 1.55 bits per heavy atom. The summed E-state index contributed by atoms with van der Waals surface area (Å²) < 4.78 is 54.4. The van der Waals surface area contributed by atoms with Gasteiger partial charge in [-0.15, -0.1) is 0 Å². The van der Waals surface area contributed by atoms with E-state index in [0.717, 1.165) is 70.3 Å². The number of fused-ring (bicyclic) bond motifs is 1. The number of alkyl halides is 3. The van der Waals surface area contributed by atoms with Crippen LogP contribution in [-0.4, -0.2) is 28.7 Å². The van der Waals surface area contributed by atoms with Crippen LogP contribution < -0.4 is 22.7 Å². The first-order valence-corrected chi connectivity index (χ1v) is 17.5. The van der Waals surface area contributed by atoms with Crippen LogP contribution >= 0.6 is 0 Å². The van der Waals surface area contributed by atoms with Gasteiger partial charge in [0, 0.05) is 35.3 Å². The zero-order valence-electron chi connectivity index (χ0n) is 29.7. The molecule has 0 saturated carbocycles. The molecule has 2 heterocycles. The molecule has 0 amide bonds. The first-order valence-electron chi connectivity index (χ1n) is 17.5. The van der Waals surface area contributed by atoms with Crippen molar-refractivity contribution in [1.29, 1.82) is 0 Å². The molecule has 1 atom stereocenters. The van der Waals surface area contributed by atoms with E-state index in [-0.39, 0.29) is 28.1 Å². The van der Waals surface area contributed by atoms with Gasteiger partial charge in [-0.1, -0.05) is 64.0 Å². The third-order valence-corrected chi connectivity index (χ3v) is 9.09. The monoisotopic (exact) mass is 689 g/mol. The lowest BCUT2D eigenvalue weighted by molar-refractivity contribution is -0.155. The van der Waals surface area contributed by atoms with Crippen LogP contribution in [0.25, 0.3) is 22.1 Å². The number of esters is 1. The minimum atomic E-state index is -4.66.